The Morgan fingerprint density at radius 2 is 2.23 bits per heavy atom. The highest BCUT2D eigenvalue weighted by Gasteiger charge is 2.68. The molecule has 0 radical (unpaired) electrons. The molecule has 22 heavy (non-hydrogen) atoms. The molecule has 1 fully saturated rings. The summed E-state index contributed by atoms with van der Waals surface area (Å²) < 4.78 is 4.47. The second-order valence-electron chi connectivity index (χ2n) is 5.48. The second-order valence-corrected chi connectivity index (χ2v) is 6.96. The van der Waals surface area contributed by atoms with Gasteiger partial charge in [-0.25, -0.2) is 5.43 Å². The summed E-state index contributed by atoms with van der Waals surface area (Å²) in [5.41, 5.74) is 3.26. The number of halogens is 2. The Morgan fingerprint density at radius 3 is 2.82 bits per heavy atom. The van der Waals surface area contributed by atoms with Crippen molar-refractivity contribution in [2.75, 3.05) is 6.61 Å². The van der Waals surface area contributed by atoms with Crippen LogP contribution in [0.2, 0.25) is 0 Å². The van der Waals surface area contributed by atoms with Gasteiger partial charge in [0.05, 0.1) is 11.1 Å². The summed E-state index contributed by atoms with van der Waals surface area (Å²) in [6.45, 7) is 7.56. The zero-order valence-corrected chi connectivity index (χ0v) is 14.0. The van der Waals surface area contributed by atoms with Gasteiger partial charge in [-0.2, -0.15) is 5.10 Å². The number of benzene rings is 1. The summed E-state index contributed by atoms with van der Waals surface area (Å²) in [7, 11) is 0. The highest BCUT2D eigenvalue weighted by Crippen LogP contribution is 2.63. The minimum Gasteiger partial charge on any atom is -0.490 e. The van der Waals surface area contributed by atoms with Crippen LogP contribution in [-0.4, -0.2) is 22.6 Å². The Hall–Kier alpha value is -1.52. The van der Waals surface area contributed by atoms with Crippen molar-refractivity contribution >= 4 is 34.8 Å². The van der Waals surface area contributed by atoms with Gasteiger partial charge < -0.3 is 4.74 Å². The zero-order valence-electron chi connectivity index (χ0n) is 12.5. The van der Waals surface area contributed by atoms with Crippen molar-refractivity contribution in [1.29, 1.82) is 0 Å². The van der Waals surface area contributed by atoms with Crippen LogP contribution in [-0.2, 0) is 4.79 Å². The molecule has 1 saturated carbocycles. The van der Waals surface area contributed by atoms with Crippen LogP contribution in [0.4, 0.5) is 0 Å². The Morgan fingerprint density at radius 1 is 1.55 bits per heavy atom. The van der Waals surface area contributed by atoms with E-state index in [2.05, 4.69) is 17.1 Å². The molecule has 1 amide bonds. The van der Waals surface area contributed by atoms with Gasteiger partial charge in [0, 0.05) is 5.56 Å². The molecule has 1 aromatic rings. The van der Waals surface area contributed by atoms with Crippen molar-refractivity contribution in [1.82, 2.24) is 5.43 Å². The first-order valence-electron chi connectivity index (χ1n) is 6.87. The molecule has 0 aliphatic heterocycles. The minimum absolute atomic E-state index is 0.282. The third-order valence-corrected chi connectivity index (χ3v) is 4.81. The van der Waals surface area contributed by atoms with Gasteiger partial charge in [-0.15, -0.1) is 23.2 Å². The summed E-state index contributed by atoms with van der Waals surface area (Å²) in [6.07, 6.45) is 2.10. The predicted octanol–water partition coefficient (Wildman–Crippen LogP) is 3.68. The normalized spacial score (nSPS) is 22.8. The molecular weight excluding hydrogens is 323 g/mol. The number of carbonyl (C=O) groups is 1. The number of nitrogens with zero attached hydrogens (tertiary/aromatic N) is 1. The molecule has 0 saturated heterocycles. The number of nitrogens with one attached hydrogen (secondary N) is 1. The van der Waals surface area contributed by atoms with Gasteiger partial charge >= 0.3 is 0 Å². The molecule has 0 spiro atoms. The van der Waals surface area contributed by atoms with Crippen LogP contribution in [0.5, 0.6) is 5.75 Å². The Bertz CT molecular complexity index is 628. The first kappa shape index (κ1) is 16.8. The summed E-state index contributed by atoms with van der Waals surface area (Å²) >= 11 is 12.0. The van der Waals surface area contributed by atoms with Crippen molar-refractivity contribution in [2.24, 2.45) is 10.5 Å². The summed E-state index contributed by atoms with van der Waals surface area (Å²) in [6, 6.07) is 7.44. The largest absolute Gasteiger partial charge is 0.490 e. The van der Waals surface area contributed by atoms with E-state index in [4.69, 9.17) is 27.9 Å². The number of amides is 1. The van der Waals surface area contributed by atoms with Crippen LogP contribution in [0.3, 0.4) is 0 Å². The predicted molar refractivity (Wildman–Crippen MR) is 89.6 cm³/mol. The maximum atomic E-state index is 12.1. The monoisotopic (exact) mass is 340 g/mol. The lowest BCUT2D eigenvalue weighted by Crippen LogP contribution is -2.30. The lowest BCUT2D eigenvalue weighted by molar-refractivity contribution is -0.125. The lowest BCUT2D eigenvalue weighted by atomic mass is 10.1. The average molecular weight is 341 g/mol. The number of hydrazone groups is 1. The summed E-state index contributed by atoms with van der Waals surface area (Å²) in [5, 5.41) is 4.11. The molecule has 118 valence electrons. The van der Waals surface area contributed by atoms with E-state index in [1.54, 1.807) is 19.9 Å². The zero-order chi connectivity index (χ0) is 16.4. The van der Waals surface area contributed by atoms with E-state index in [1.807, 2.05) is 24.3 Å². The van der Waals surface area contributed by atoms with Gasteiger partial charge in [0.2, 0.25) is 5.91 Å². The first-order valence-corrected chi connectivity index (χ1v) is 7.62. The molecule has 1 aliphatic rings. The van der Waals surface area contributed by atoms with Gasteiger partial charge in [0.1, 0.15) is 16.7 Å². The van der Waals surface area contributed by atoms with Gasteiger partial charge in [-0.05, 0) is 32.4 Å². The smallest absolute Gasteiger partial charge is 0.249 e. The third kappa shape index (κ3) is 3.45. The van der Waals surface area contributed by atoms with Crippen LogP contribution in [0.25, 0.3) is 0 Å². The summed E-state index contributed by atoms with van der Waals surface area (Å²) in [5.74, 6) is 0.434. The Balaban J connectivity index is 2.03. The van der Waals surface area contributed by atoms with E-state index in [-0.39, 0.29) is 5.91 Å². The number of rotatable bonds is 6. The van der Waals surface area contributed by atoms with Crippen LogP contribution < -0.4 is 10.2 Å². The number of carbonyl (C=O) groups excluding carboxylic acids is 1. The van der Waals surface area contributed by atoms with Crippen LogP contribution in [0.1, 0.15) is 25.8 Å². The van der Waals surface area contributed by atoms with Crippen molar-refractivity contribution in [3.05, 3.63) is 42.5 Å². The van der Waals surface area contributed by atoms with Crippen LogP contribution in [0, 0.1) is 5.41 Å². The van der Waals surface area contributed by atoms with E-state index in [0.717, 1.165) is 5.56 Å². The highest BCUT2D eigenvalue weighted by molar-refractivity contribution is 6.53. The van der Waals surface area contributed by atoms with Crippen molar-refractivity contribution in [2.45, 2.75) is 24.6 Å². The van der Waals surface area contributed by atoms with Crippen molar-refractivity contribution < 1.29 is 9.53 Å². The topological polar surface area (TPSA) is 50.7 Å². The molecule has 4 nitrogen and oxygen atoms in total. The molecule has 6 heteroatoms. The molecule has 1 unspecified atom stereocenters. The summed E-state index contributed by atoms with van der Waals surface area (Å²) in [4.78, 5) is 12.1. The van der Waals surface area contributed by atoms with E-state index in [9.17, 15) is 4.79 Å². The SMILES string of the molecule is C=CCOc1cccc(C(C)=NNC(=O)C2(C)CC2(Cl)Cl)c1. The fourth-order valence-corrected chi connectivity index (χ4v) is 2.64. The molecule has 1 aliphatic carbocycles. The molecule has 1 N–H and O–H groups in total. The molecule has 0 heterocycles. The Kier molecular flexibility index (Phi) is 4.83. The molecule has 0 aromatic heterocycles. The first-order chi connectivity index (χ1) is 10.3. The van der Waals surface area contributed by atoms with Crippen molar-refractivity contribution in [3.8, 4) is 5.75 Å². The maximum absolute atomic E-state index is 12.1. The number of alkyl halides is 2. The molecule has 1 atom stereocenters. The van der Waals surface area contributed by atoms with Gasteiger partial charge in [-0.3, -0.25) is 4.79 Å². The standard InChI is InChI=1S/C16H18Cl2N2O2/c1-4-8-22-13-7-5-6-12(9-13)11(2)19-20-14(21)15(3)10-16(15,17)18/h4-7,9H,1,8,10H2,2-3H3,(H,20,21). The minimum atomic E-state index is -1.00. The molecule has 1 aromatic carbocycles. The quantitative estimate of drug-likeness (QED) is 0.371. The Labute approximate surface area is 140 Å². The van der Waals surface area contributed by atoms with E-state index in [0.29, 0.717) is 24.5 Å². The number of hydrogen-bond donors (Lipinski definition) is 1. The van der Waals surface area contributed by atoms with Gasteiger partial charge in [-0.1, -0.05) is 24.8 Å². The highest BCUT2D eigenvalue weighted by atomic mass is 35.5. The maximum Gasteiger partial charge on any atom is 0.249 e. The average Bonchev–Trinajstić information content (AvgIpc) is 3.02. The van der Waals surface area contributed by atoms with E-state index < -0.39 is 9.75 Å². The molecular formula is C16H18Cl2N2O2. The van der Waals surface area contributed by atoms with E-state index in [1.165, 1.54) is 0 Å². The lowest BCUT2D eigenvalue weighted by Gasteiger charge is -2.10. The fraction of sp³-hybridized carbons (Fsp3) is 0.375. The number of ether oxygens (including phenoxy) is 1. The van der Waals surface area contributed by atoms with Gasteiger partial charge in [0.15, 0.2) is 0 Å². The van der Waals surface area contributed by atoms with Crippen LogP contribution >= 0.6 is 23.2 Å². The molecule has 0 bridgehead atoms. The number of hydrogen-bond acceptors (Lipinski definition) is 3. The van der Waals surface area contributed by atoms with Crippen molar-refractivity contribution in [3.63, 3.8) is 0 Å². The second kappa shape index (κ2) is 6.31. The van der Waals surface area contributed by atoms with E-state index >= 15 is 0 Å². The molecule has 2 rings (SSSR count). The third-order valence-electron chi connectivity index (χ3n) is 3.70. The van der Waals surface area contributed by atoms with Gasteiger partial charge in [0.25, 0.3) is 0 Å². The van der Waals surface area contributed by atoms with Crippen LogP contribution in [0.15, 0.2) is 42.0 Å². The fourth-order valence-electron chi connectivity index (χ4n) is 1.93.